The molecule has 2 aliphatic rings. The SMILES string of the molecule is CCCN1C[C@H]2CN(C(=O)c3cn(C)c4ccccc34)C[C@@]2(C(=O)O)C1. The van der Waals surface area contributed by atoms with Gasteiger partial charge < -0.3 is 19.5 Å². The van der Waals surface area contributed by atoms with Gasteiger partial charge >= 0.3 is 5.97 Å². The van der Waals surface area contributed by atoms with Gasteiger partial charge in [-0.25, -0.2) is 0 Å². The number of para-hydroxylation sites is 1. The van der Waals surface area contributed by atoms with Crippen LogP contribution in [0.15, 0.2) is 30.5 Å². The highest BCUT2D eigenvalue weighted by atomic mass is 16.4. The van der Waals surface area contributed by atoms with E-state index < -0.39 is 11.4 Å². The van der Waals surface area contributed by atoms with E-state index >= 15 is 0 Å². The predicted molar refractivity (Wildman–Crippen MR) is 99.1 cm³/mol. The average Bonchev–Trinajstić information content (AvgIpc) is 3.24. The molecule has 0 aliphatic carbocycles. The van der Waals surface area contributed by atoms with E-state index in [1.54, 1.807) is 4.90 Å². The summed E-state index contributed by atoms with van der Waals surface area (Å²) < 4.78 is 1.95. The molecule has 1 aromatic heterocycles. The molecule has 0 bridgehead atoms. The molecule has 0 radical (unpaired) electrons. The molecular formula is C20H25N3O3. The van der Waals surface area contributed by atoms with Gasteiger partial charge in [0.15, 0.2) is 0 Å². The second-order valence-electron chi connectivity index (χ2n) is 7.75. The molecule has 0 spiro atoms. The molecule has 2 atom stereocenters. The molecule has 0 saturated carbocycles. The number of nitrogens with zero attached hydrogens (tertiary/aromatic N) is 3. The van der Waals surface area contributed by atoms with Gasteiger partial charge in [0.1, 0.15) is 5.41 Å². The topological polar surface area (TPSA) is 65.8 Å². The van der Waals surface area contributed by atoms with Crippen LogP contribution in [0, 0.1) is 11.3 Å². The van der Waals surface area contributed by atoms with Gasteiger partial charge in [-0.1, -0.05) is 25.1 Å². The highest BCUT2D eigenvalue weighted by Gasteiger charge is 2.58. The van der Waals surface area contributed by atoms with Gasteiger partial charge in [0.05, 0.1) is 5.56 Å². The molecule has 2 aliphatic heterocycles. The van der Waals surface area contributed by atoms with E-state index in [1.807, 2.05) is 42.1 Å². The van der Waals surface area contributed by atoms with Gasteiger partial charge in [0.25, 0.3) is 5.91 Å². The van der Waals surface area contributed by atoms with Crippen LogP contribution in [0.3, 0.4) is 0 Å². The fourth-order valence-electron chi connectivity index (χ4n) is 4.80. The number of likely N-dealkylation sites (tertiary alicyclic amines) is 2. The van der Waals surface area contributed by atoms with Gasteiger partial charge in [0.2, 0.25) is 0 Å². The quantitative estimate of drug-likeness (QED) is 0.912. The number of carboxylic acid groups (broad SMARTS) is 1. The Bertz CT molecular complexity index is 874. The minimum absolute atomic E-state index is 0.00507. The minimum Gasteiger partial charge on any atom is -0.481 e. The molecule has 6 nitrogen and oxygen atoms in total. The summed E-state index contributed by atoms with van der Waals surface area (Å²) in [5.74, 6) is -0.821. The van der Waals surface area contributed by atoms with Crippen molar-refractivity contribution in [2.24, 2.45) is 18.4 Å². The second-order valence-corrected chi connectivity index (χ2v) is 7.75. The Morgan fingerprint density at radius 1 is 1.23 bits per heavy atom. The molecule has 2 aromatic rings. The molecule has 2 saturated heterocycles. The maximum Gasteiger partial charge on any atom is 0.313 e. The van der Waals surface area contributed by atoms with Crippen molar-refractivity contribution in [2.45, 2.75) is 13.3 Å². The molecular weight excluding hydrogens is 330 g/mol. The van der Waals surface area contributed by atoms with E-state index in [9.17, 15) is 14.7 Å². The smallest absolute Gasteiger partial charge is 0.313 e. The standard InChI is InChI=1S/C20H25N3O3/c1-3-8-22-9-14-10-23(13-20(14,12-22)19(25)26)18(24)16-11-21(2)17-7-5-4-6-15(16)17/h4-7,11,14H,3,8-10,12-13H2,1-2H3,(H,25,26)/t14-,20-/m0/s1. The first-order valence-electron chi connectivity index (χ1n) is 9.25. The third-order valence-electron chi connectivity index (χ3n) is 6.06. The van der Waals surface area contributed by atoms with E-state index in [4.69, 9.17) is 0 Å². The summed E-state index contributed by atoms with van der Waals surface area (Å²) in [5, 5.41) is 10.9. The molecule has 6 heteroatoms. The largest absolute Gasteiger partial charge is 0.481 e. The molecule has 0 unspecified atom stereocenters. The Morgan fingerprint density at radius 2 is 2.00 bits per heavy atom. The van der Waals surface area contributed by atoms with Crippen molar-refractivity contribution in [3.63, 3.8) is 0 Å². The van der Waals surface area contributed by atoms with Crippen molar-refractivity contribution in [3.05, 3.63) is 36.0 Å². The molecule has 3 heterocycles. The van der Waals surface area contributed by atoms with Crippen LogP contribution in [0.2, 0.25) is 0 Å². The summed E-state index contributed by atoms with van der Waals surface area (Å²) >= 11 is 0. The molecule has 26 heavy (non-hydrogen) atoms. The van der Waals surface area contributed by atoms with E-state index in [0.717, 1.165) is 30.4 Å². The number of amides is 1. The zero-order valence-corrected chi connectivity index (χ0v) is 15.3. The van der Waals surface area contributed by atoms with Crippen molar-refractivity contribution in [1.29, 1.82) is 0 Å². The maximum absolute atomic E-state index is 13.2. The van der Waals surface area contributed by atoms with Gasteiger partial charge in [-0.05, 0) is 19.0 Å². The van der Waals surface area contributed by atoms with E-state index in [1.165, 1.54) is 0 Å². The lowest BCUT2D eigenvalue weighted by molar-refractivity contribution is -0.148. The van der Waals surface area contributed by atoms with Crippen molar-refractivity contribution < 1.29 is 14.7 Å². The number of carbonyl (C=O) groups is 2. The summed E-state index contributed by atoms with van der Waals surface area (Å²) in [6, 6.07) is 7.83. The number of hydrogen-bond acceptors (Lipinski definition) is 3. The predicted octanol–water partition coefficient (Wildman–Crippen LogP) is 2.05. The second kappa shape index (κ2) is 6.13. The number of carbonyl (C=O) groups excluding carboxylic acids is 1. The third-order valence-corrected chi connectivity index (χ3v) is 6.06. The number of carboxylic acids is 1. The Labute approximate surface area is 153 Å². The lowest BCUT2D eigenvalue weighted by Crippen LogP contribution is -2.42. The van der Waals surface area contributed by atoms with Gasteiger partial charge in [-0.3, -0.25) is 9.59 Å². The molecule has 1 amide bonds. The van der Waals surface area contributed by atoms with Crippen LogP contribution in [-0.4, -0.2) is 64.1 Å². The van der Waals surface area contributed by atoms with Gasteiger partial charge in [0, 0.05) is 56.2 Å². The lowest BCUT2D eigenvalue weighted by atomic mass is 9.81. The Kier molecular flexibility index (Phi) is 4.03. The molecule has 138 valence electrons. The fourth-order valence-corrected chi connectivity index (χ4v) is 4.80. The van der Waals surface area contributed by atoms with Crippen molar-refractivity contribution in [1.82, 2.24) is 14.4 Å². The van der Waals surface area contributed by atoms with Gasteiger partial charge in [-0.2, -0.15) is 0 Å². The number of benzene rings is 1. The number of hydrogen-bond donors (Lipinski definition) is 1. The number of fused-ring (bicyclic) bond motifs is 2. The fraction of sp³-hybridized carbons (Fsp3) is 0.500. The average molecular weight is 355 g/mol. The number of aryl methyl sites for hydroxylation is 1. The van der Waals surface area contributed by atoms with Crippen LogP contribution in [0.4, 0.5) is 0 Å². The highest BCUT2D eigenvalue weighted by Crippen LogP contribution is 2.43. The Balaban J connectivity index is 1.62. The lowest BCUT2D eigenvalue weighted by Gasteiger charge is -2.25. The van der Waals surface area contributed by atoms with Crippen LogP contribution >= 0.6 is 0 Å². The summed E-state index contributed by atoms with van der Waals surface area (Å²) in [7, 11) is 1.93. The molecule has 1 N–H and O–H groups in total. The third kappa shape index (κ3) is 2.43. The Morgan fingerprint density at radius 3 is 2.69 bits per heavy atom. The first kappa shape index (κ1) is 17.1. The molecule has 4 rings (SSSR count). The van der Waals surface area contributed by atoms with Crippen LogP contribution in [0.25, 0.3) is 10.9 Å². The van der Waals surface area contributed by atoms with E-state index in [2.05, 4.69) is 11.8 Å². The number of aliphatic carboxylic acids is 1. The summed E-state index contributed by atoms with van der Waals surface area (Å²) in [4.78, 5) is 29.3. The Hall–Kier alpha value is -2.34. The van der Waals surface area contributed by atoms with Crippen LogP contribution in [0.5, 0.6) is 0 Å². The first-order valence-corrected chi connectivity index (χ1v) is 9.25. The normalized spacial score (nSPS) is 25.8. The minimum atomic E-state index is -0.824. The summed E-state index contributed by atoms with van der Waals surface area (Å²) in [6.45, 7) is 5.16. The number of rotatable bonds is 4. The van der Waals surface area contributed by atoms with Crippen LogP contribution < -0.4 is 0 Å². The maximum atomic E-state index is 13.2. The zero-order chi connectivity index (χ0) is 18.5. The van der Waals surface area contributed by atoms with E-state index in [0.29, 0.717) is 25.2 Å². The summed E-state index contributed by atoms with van der Waals surface area (Å²) in [6.07, 6.45) is 2.87. The van der Waals surface area contributed by atoms with Crippen molar-refractivity contribution in [3.8, 4) is 0 Å². The monoisotopic (exact) mass is 355 g/mol. The van der Waals surface area contributed by atoms with Crippen LogP contribution in [-0.2, 0) is 11.8 Å². The number of aromatic nitrogens is 1. The van der Waals surface area contributed by atoms with Crippen molar-refractivity contribution >= 4 is 22.8 Å². The van der Waals surface area contributed by atoms with Crippen molar-refractivity contribution in [2.75, 3.05) is 32.7 Å². The first-order chi connectivity index (χ1) is 12.5. The highest BCUT2D eigenvalue weighted by molar-refractivity contribution is 6.07. The van der Waals surface area contributed by atoms with E-state index in [-0.39, 0.29) is 11.8 Å². The molecule has 1 aromatic carbocycles. The zero-order valence-electron chi connectivity index (χ0n) is 15.3. The molecule has 2 fully saturated rings. The van der Waals surface area contributed by atoms with Gasteiger partial charge in [-0.15, -0.1) is 0 Å². The van der Waals surface area contributed by atoms with Crippen LogP contribution in [0.1, 0.15) is 23.7 Å². The summed E-state index contributed by atoms with van der Waals surface area (Å²) in [5.41, 5.74) is 0.849.